The van der Waals surface area contributed by atoms with E-state index in [1.165, 1.54) is 23.3 Å². The average molecular weight is 361 g/mol. The Morgan fingerprint density at radius 2 is 2.08 bits per heavy atom. The van der Waals surface area contributed by atoms with Gasteiger partial charge in [0, 0.05) is 23.5 Å². The molecule has 6 nitrogen and oxygen atoms in total. The van der Waals surface area contributed by atoms with Gasteiger partial charge in [0.2, 0.25) is 5.91 Å². The highest BCUT2D eigenvalue weighted by molar-refractivity contribution is 7.17. The van der Waals surface area contributed by atoms with Gasteiger partial charge in [-0.1, -0.05) is 0 Å². The molecule has 0 bridgehead atoms. The summed E-state index contributed by atoms with van der Waals surface area (Å²) in [6.45, 7) is 4.42. The summed E-state index contributed by atoms with van der Waals surface area (Å²) in [6.07, 6.45) is 4.34. The van der Waals surface area contributed by atoms with Crippen molar-refractivity contribution in [3.8, 4) is 0 Å². The number of nitrogens with zero attached hydrogens (tertiary/aromatic N) is 2. The molecule has 0 aliphatic heterocycles. The van der Waals surface area contributed by atoms with Crippen LogP contribution in [0.2, 0.25) is 0 Å². The van der Waals surface area contributed by atoms with E-state index in [4.69, 9.17) is 4.74 Å². The van der Waals surface area contributed by atoms with E-state index >= 15 is 0 Å². The molecule has 0 unspecified atom stereocenters. The molecular formula is C18H23N3O3S. The number of ether oxygens (including phenoxy) is 1. The molecule has 3 rings (SSSR count). The maximum atomic E-state index is 12.4. The highest BCUT2D eigenvalue weighted by Gasteiger charge is 2.26. The van der Waals surface area contributed by atoms with E-state index in [9.17, 15) is 9.59 Å². The third-order valence-corrected chi connectivity index (χ3v) is 5.68. The van der Waals surface area contributed by atoms with Crippen molar-refractivity contribution in [1.29, 1.82) is 0 Å². The third kappa shape index (κ3) is 3.76. The van der Waals surface area contributed by atoms with Gasteiger partial charge in [-0.2, -0.15) is 5.10 Å². The minimum Gasteiger partial charge on any atom is -0.465 e. The standard InChI is InChI=1S/C18H23N3O3S/c1-11-10-12(2)21(20-11)9-8-15(22)19-17-16(18(23)24-3)13-6-4-5-7-14(13)25-17/h10H,4-9H2,1-3H3,(H,19,22). The fourth-order valence-electron chi connectivity index (χ4n) is 3.27. The maximum Gasteiger partial charge on any atom is 0.341 e. The normalized spacial score (nSPS) is 13.4. The molecule has 0 radical (unpaired) electrons. The zero-order valence-electron chi connectivity index (χ0n) is 14.8. The number of nitrogens with one attached hydrogen (secondary N) is 1. The largest absolute Gasteiger partial charge is 0.465 e. The fraction of sp³-hybridized carbons (Fsp3) is 0.500. The predicted molar refractivity (Wildman–Crippen MR) is 97.2 cm³/mol. The Morgan fingerprint density at radius 1 is 1.32 bits per heavy atom. The quantitative estimate of drug-likeness (QED) is 0.830. The van der Waals surface area contributed by atoms with Gasteiger partial charge in [0.15, 0.2) is 0 Å². The lowest BCUT2D eigenvalue weighted by Crippen LogP contribution is -2.17. The number of carbonyl (C=O) groups excluding carboxylic acids is 2. The van der Waals surface area contributed by atoms with Gasteiger partial charge in [0.25, 0.3) is 0 Å². The van der Waals surface area contributed by atoms with E-state index in [0.717, 1.165) is 42.6 Å². The molecule has 0 spiro atoms. The van der Waals surface area contributed by atoms with Crippen LogP contribution in [0.1, 0.15) is 51.4 Å². The SMILES string of the molecule is COC(=O)c1c(NC(=O)CCn2nc(C)cc2C)sc2c1CCCC2. The molecule has 1 N–H and O–H groups in total. The lowest BCUT2D eigenvalue weighted by molar-refractivity contribution is -0.116. The minimum atomic E-state index is -0.367. The van der Waals surface area contributed by atoms with Crippen molar-refractivity contribution in [2.24, 2.45) is 0 Å². The molecular weight excluding hydrogens is 338 g/mol. The monoisotopic (exact) mass is 361 g/mol. The van der Waals surface area contributed by atoms with Crippen LogP contribution in [0.25, 0.3) is 0 Å². The second-order valence-corrected chi connectivity index (χ2v) is 7.46. The van der Waals surface area contributed by atoms with Crippen LogP contribution >= 0.6 is 11.3 Å². The number of esters is 1. The van der Waals surface area contributed by atoms with Crippen molar-refractivity contribution >= 4 is 28.2 Å². The van der Waals surface area contributed by atoms with E-state index < -0.39 is 0 Å². The molecule has 7 heteroatoms. The molecule has 0 aromatic carbocycles. The second-order valence-electron chi connectivity index (χ2n) is 6.36. The van der Waals surface area contributed by atoms with Crippen molar-refractivity contribution < 1.29 is 14.3 Å². The molecule has 0 fully saturated rings. The molecule has 2 aromatic rings. The highest BCUT2D eigenvalue weighted by atomic mass is 32.1. The van der Waals surface area contributed by atoms with Gasteiger partial charge < -0.3 is 10.1 Å². The Balaban J connectivity index is 1.73. The van der Waals surface area contributed by atoms with Crippen molar-refractivity contribution in [3.63, 3.8) is 0 Å². The topological polar surface area (TPSA) is 73.2 Å². The summed E-state index contributed by atoms with van der Waals surface area (Å²) in [7, 11) is 1.38. The summed E-state index contributed by atoms with van der Waals surface area (Å²) in [5.74, 6) is -0.482. The average Bonchev–Trinajstić information content (AvgIpc) is 3.11. The number of anilines is 1. The van der Waals surface area contributed by atoms with Gasteiger partial charge in [-0.05, 0) is 51.2 Å². The number of thiophene rings is 1. The molecule has 0 atom stereocenters. The third-order valence-electron chi connectivity index (χ3n) is 4.47. The number of fused-ring (bicyclic) bond motifs is 1. The summed E-state index contributed by atoms with van der Waals surface area (Å²) >= 11 is 1.51. The Morgan fingerprint density at radius 3 is 2.76 bits per heavy atom. The molecule has 1 aliphatic rings. The van der Waals surface area contributed by atoms with Crippen molar-refractivity contribution in [2.75, 3.05) is 12.4 Å². The Labute approximate surface area is 151 Å². The first-order valence-corrected chi connectivity index (χ1v) is 9.35. The molecule has 134 valence electrons. The zero-order chi connectivity index (χ0) is 18.0. The minimum absolute atomic E-state index is 0.115. The van der Waals surface area contributed by atoms with Crippen LogP contribution in [0.3, 0.4) is 0 Å². The Bertz CT molecular complexity index is 807. The molecule has 2 aromatic heterocycles. The first-order valence-electron chi connectivity index (χ1n) is 8.53. The predicted octanol–water partition coefficient (Wildman–Crippen LogP) is 3.26. The van der Waals surface area contributed by atoms with Crippen molar-refractivity contribution in [1.82, 2.24) is 9.78 Å². The number of aromatic nitrogens is 2. The zero-order valence-corrected chi connectivity index (χ0v) is 15.7. The molecule has 2 heterocycles. The lowest BCUT2D eigenvalue weighted by Gasteiger charge is -2.11. The number of aryl methyl sites for hydroxylation is 4. The van der Waals surface area contributed by atoms with E-state index in [0.29, 0.717) is 23.5 Å². The number of rotatable bonds is 5. The molecule has 1 aliphatic carbocycles. The van der Waals surface area contributed by atoms with Crippen molar-refractivity contribution in [3.05, 3.63) is 33.5 Å². The number of amides is 1. The first kappa shape index (κ1) is 17.7. The summed E-state index contributed by atoms with van der Waals surface area (Å²) in [6, 6.07) is 1.99. The molecule has 0 saturated carbocycles. The van der Waals surface area contributed by atoms with Crippen LogP contribution in [0.15, 0.2) is 6.07 Å². The van der Waals surface area contributed by atoms with Gasteiger partial charge in [-0.15, -0.1) is 11.3 Å². The van der Waals surface area contributed by atoms with Crippen molar-refractivity contribution in [2.45, 2.75) is 52.5 Å². The smallest absolute Gasteiger partial charge is 0.341 e. The summed E-state index contributed by atoms with van der Waals surface area (Å²) in [5.41, 5.74) is 3.57. The van der Waals surface area contributed by atoms with E-state index in [-0.39, 0.29) is 11.9 Å². The lowest BCUT2D eigenvalue weighted by atomic mass is 9.95. The van der Waals surface area contributed by atoms with Gasteiger partial charge in [0.05, 0.1) is 18.4 Å². The maximum absolute atomic E-state index is 12.4. The van der Waals surface area contributed by atoms with Crippen LogP contribution in [-0.4, -0.2) is 28.8 Å². The number of hydrogen-bond acceptors (Lipinski definition) is 5. The van der Waals surface area contributed by atoms with Crippen LogP contribution < -0.4 is 5.32 Å². The molecule has 0 saturated heterocycles. The highest BCUT2D eigenvalue weighted by Crippen LogP contribution is 2.38. The number of carbonyl (C=O) groups is 2. The molecule has 1 amide bonds. The number of hydrogen-bond donors (Lipinski definition) is 1. The van der Waals surface area contributed by atoms with Crippen LogP contribution in [0, 0.1) is 13.8 Å². The first-order chi connectivity index (χ1) is 12.0. The molecule has 25 heavy (non-hydrogen) atoms. The fourth-order valence-corrected chi connectivity index (χ4v) is 4.56. The van der Waals surface area contributed by atoms with E-state index in [2.05, 4.69) is 10.4 Å². The van der Waals surface area contributed by atoms with Crippen LogP contribution in [0.4, 0.5) is 5.00 Å². The van der Waals surface area contributed by atoms with Gasteiger partial charge in [-0.3, -0.25) is 9.48 Å². The van der Waals surface area contributed by atoms with Crippen LogP contribution in [-0.2, 0) is 28.9 Å². The number of methoxy groups -OCH3 is 1. The van der Waals surface area contributed by atoms with Gasteiger partial charge in [-0.25, -0.2) is 4.79 Å². The Kier molecular flexibility index (Phi) is 5.22. The van der Waals surface area contributed by atoms with E-state index in [1.54, 1.807) is 0 Å². The van der Waals surface area contributed by atoms with Gasteiger partial charge in [0.1, 0.15) is 5.00 Å². The van der Waals surface area contributed by atoms with Gasteiger partial charge >= 0.3 is 5.97 Å². The van der Waals surface area contributed by atoms with Crippen LogP contribution in [0.5, 0.6) is 0 Å². The summed E-state index contributed by atoms with van der Waals surface area (Å²) < 4.78 is 6.76. The summed E-state index contributed by atoms with van der Waals surface area (Å²) in [4.78, 5) is 25.8. The summed E-state index contributed by atoms with van der Waals surface area (Å²) in [5, 5.41) is 7.91. The van der Waals surface area contributed by atoms with E-state index in [1.807, 2.05) is 24.6 Å². The second kappa shape index (κ2) is 7.39. The Hall–Kier alpha value is -2.15.